The molecule has 0 N–H and O–H groups in total. The highest BCUT2D eigenvalue weighted by Crippen LogP contribution is 2.28. The van der Waals surface area contributed by atoms with E-state index in [1.807, 2.05) is 0 Å². The summed E-state index contributed by atoms with van der Waals surface area (Å²) in [4.78, 5) is 23.7. The number of alkyl halides is 3. The van der Waals surface area contributed by atoms with Gasteiger partial charge in [-0.05, 0) is 24.3 Å². The summed E-state index contributed by atoms with van der Waals surface area (Å²) in [6.45, 7) is -0.551. The highest BCUT2D eigenvalue weighted by molar-refractivity contribution is 6.36. The number of carbonyl (C=O) groups excluding carboxylic acids is 1. The number of ketones is 1. The summed E-state index contributed by atoms with van der Waals surface area (Å²) in [5, 5.41) is 0.385. The number of nitrogens with zero attached hydrogens (tertiary/aromatic N) is 1. The number of benzene rings is 1. The lowest BCUT2D eigenvalue weighted by Crippen LogP contribution is -2.25. The first kappa shape index (κ1) is 16.6. The van der Waals surface area contributed by atoms with Crippen LogP contribution >= 0.6 is 23.2 Å². The number of Topliss-reactive ketones (excluding diaryl/α,β-unsaturated/α-hetero) is 1. The van der Waals surface area contributed by atoms with E-state index in [-0.39, 0.29) is 10.6 Å². The van der Waals surface area contributed by atoms with Crippen LogP contribution < -0.4 is 5.56 Å². The zero-order valence-electron chi connectivity index (χ0n) is 10.8. The van der Waals surface area contributed by atoms with Crippen molar-refractivity contribution in [2.24, 2.45) is 0 Å². The Morgan fingerprint density at radius 3 is 2.41 bits per heavy atom. The van der Waals surface area contributed by atoms with E-state index in [4.69, 9.17) is 23.2 Å². The van der Waals surface area contributed by atoms with Crippen LogP contribution in [0.3, 0.4) is 0 Å². The van der Waals surface area contributed by atoms with Crippen molar-refractivity contribution in [3.05, 3.63) is 68.1 Å². The molecule has 22 heavy (non-hydrogen) atoms. The summed E-state index contributed by atoms with van der Waals surface area (Å²) in [6.07, 6.45) is -4.00. The van der Waals surface area contributed by atoms with E-state index < -0.39 is 29.6 Å². The van der Waals surface area contributed by atoms with Gasteiger partial charge in [0.1, 0.15) is 0 Å². The molecule has 1 heterocycles. The smallest absolute Gasteiger partial charge is 0.307 e. The SMILES string of the molecule is O=C(Cn1cc(C(F)(F)F)ccc1=O)c1ccc(Cl)cc1Cl. The van der Waals surface area contributed by atoms with E-state index in [9.17, 15) is 22.8 Å². The molecular formula is C14H8Cl2F3NO2. The summed E-state index contributed by atoms with van der Waals surface area (Å²) >= 11 is 11.6. The summed E-state index contributed by atoms with van der Waals surface area (Å²) in [6, 6.07) is 5.55. The Bertz CT molecular complexity index is 784. The number of rotatable bonds is 3. The van der Waals surface area contributed by atoms with Crippen LogP contribution in [0.1, 0.15) is 15.9 Å². The van der Waals surface area contributed by atoms with E-state index in [1.54, 1.807) is 0 Å². The maximum absolute atomic E-state index is 12.6. The van der Waals surface area contributed by atoms with Gasteiger partial charge in [-0.3, -0.25) is 9.59 Å². The van der Waals surface area contributed by atoms with Crippen molar-refractivity contribution in [3.8, 4) is 0 Å². The average Bonchev–Trinajstić information content (AvgIpc) is 2.39. The molecule has 2 aromatic rings. The van der Waals surface area contributed by atoms with Gasteiger partial charge in [0.25, 0.3) is 5.56 Å². The molecule has 0 unspecified atom stereocenters. The lowest BCUT2D eigenvalue weighted by molar-refractivity contribution is -0.138. The first-order valence-corrected chi connectivity index (χ1v) is 6.70. The minimum absolute atomic E-state index is 0.0672. The Labute approximate surface area is 132 Å². The lowest BCUT2D eigenvalue weighted by atomic mass is 10.1. The molecule has 1 aromatic carbocycles. The summed E-state index contributed by atoms with van der Waals surface area (Å²) < 4.78 is 38.6. The molecule has 0 aliphatic rings. The summed E-state index contributed by atoms with van der Waals surface area (Å²) in [5.74, 6) is -0.594. The number of hydrogen-bond acceptors (Lipinski definition) is 2. The molecule has 1 aromatic heterocycles. The topological polar surface area (TPSA) is 39.1 Å². The normalized spacial score (nSPS) is 11.5. The first-order valence-electron chi connectivity index (χ1n) is 5.94. The molecule has 0 saturated carbocycles. The van der Waals surface area contributed by atoms with Gasteiger partial charge in [-0.15, -0.1) is 0 Å². The quantitative estimate of drug-likeness (QED) is 0.784. The largest absolute Gasteiger partial charge is 0.417 e. The molecule has 2 rings (SSSR count). The van der Waals surface area contributed by atoms with Crippen molar-refractivity contribution in [3.63, 3.8) is 0 Å². The van der Waals surface area contributed by atoms with E-state index in [2.05, 4.69) is 0 Å². The second-order valence-corrected chi connectivity index (χ2v) is 5.27. The molecule has 0 saturated heterocycles. The van der Waals surface area contributed by atoms with Crippen molar-refractivity contribution in [1.29, 1.82) is 0 Å². The standard InChI is InChI=1S/C14H8Cl2F3NO2/c15-9-2-3-10(11(16)5-9)12(21)7-20-6-8(14(17,18)19)1-4-13(20)22/h1-6H,7H2. The minimum atomic E-state index is -4.60. The van der Waals surface area contributed by atoms with Gasteiger partial charge in [0.2, 0.25) is 0 Å². The van der Waals surface area contributed by atoms with Crippen molar-refractivity contribution in [1.82, 2.24) is 4.57 Å². The Balaban J connectivity index is 2.34. The molecular weight excluding hydrogens is 342 g/mol. The van der Waals surface area contributed by atoms with Gasteiger partial charge in [-0.25, -0.2) is 0 Å². The number of carbonyl (C=O) groups is 1. The predicted octanol–water partition coefficient (Wildman–Crippen LogP) is 4.06. The number of halogens is 5. The van der Waals surface area contributed by atoms with E-state index in [0.29, 0.717) is 21.9 Å². The van der Waals surface area contributed by atoms with Gasteiger partial charge in [-0.2, -0.15) is 13.2 Å². The third kappa shape index (κ3) is 3.69. The average molecular weight is 350 g/mol. The Morgan fingerprint density at radius 2 is 1.82 bits per heavy atom. The molecule has 8 heteroatoms. The van der Waals surface area contributed by atoms with E-state index in [1.165, 1.54) is 18.2 Å². The van der Waals surface area contributed by atoms with Gasteiger partial charge in [0, 0.05) is 22.8 Å². The molecule has 0 aliphatic carbocycles. The van der Waals surface area contributed by atoms with Crippen molar-refractivity contribution in [2.45, 2.75) is 12.7 Å². The van der Waals surface area contributed by atoms with Crippen LogP contribution in [0.4, 0.5) is 13.2 Å². The van der Waals surface area contributed by atoms with Crippen LogP contribution in [0, 0.1) is 0 Å². The Morgan fingerprint density at radius 1 is 1.14 bits per heavy atom. The fourth-order valence-electron chi connectivity index (χ4n) is 1.78. The minimum Gasteiger partial charge on any atom is -0.307 e. The molecule has 0 aliphatic heterocycles. The second-order valence-electron chi connectivity index (χ2n) is 4.43. The van der Waals surface area contributed by atoms with E-state index >= 15 is 0 Å². The van der Waals surface area contributed by atoms with E-state index in [0.717, 1.165) is 6.07 Å². The molecule has 0 amide bonds. The van der Waals surface area contributed by atoms with Gasteiger partial charge in [-0.1, -0.05) is 23.2 Å². The molecule has 0 radical (unpaired) electrons. The third-order valence-electron chi connectivity index (χ3n) is 2.86. The van der Waals surface area contributed by atoms with Crippen molar-refractivity contribution < 1.29 is 18.0 Å². The van der Waals surface area contributed by atoms with Crippen LogP contribution in [-0.2, 0) is 12.7 Å². The Kier molecular flexibility index (Phi) is 4.63. The molecule has 0 bridgehead atoms. The third-order valence-corrected chi connectivity index (χ3v) is 3.40. The van der Waals surface area contributed by atoms with Crippen LogP contribution in [0.2, 0.25) is 10.0 Å². The maximum Gasteiger partial charge on any atom is 0.417 e. The monoisotopic (exact) mass is 349 g/mol. The fraction of sp³-hybridized carbons (Fsp3) is 0.143. The van der Waals surface area contributed by atoms with Crippen molar-refractivity contribution in [2.75, 3.05) is 0 Å². The molecule has 0 fully saturated rings. The molecule has 0 atom stereocenters. The zero-order valence-corrected chi connectivity index (χ0v) is 12.3. The lowest BCUT2D eigenvalue weighted by Gasteiger charge is -2.10. The molecule has 116 valence electrons. The summed E-state index contributed by atoms with van der Waals surface area (Å²) in [7, 11) is 0. The highest BCUT2D eigenvalue weighted by Gasteiger charge is 2.31. The zero-order chi connectivity index (χ0) is 16.5. The summed E-state index contributed by atoms with van der Waals surface area (Å²) in [5.41, 5.74) is -1.65. The molecule has 0 spiro atoms. The highest BCUT2D eigenvalue weighted by atomic mass is 35.5. The predicted molar refractivity (Wildman–Crippen MR) is 76.5 cm³/mol. The van der Waals surface area contributed by atoms with Crippen LogP contribution in [0.5, 0.6) is 0 Å². The fourth-order valence-corrected chi connectivity index (χ4v) is 2.29. The maximum atomic E-state index is 12.6. The van der Waals surface area contributed by atoms with Gasteiger partial charge >= 0.3 is 6.18 Å². The second kappa shape index (κ2) is 6.14. The van der Waals surface area contributed by atoms with Crippen LogP contribution in [0.25, 0.3) is 0 Å². The van der Waals surface area contributed by atoms with Crippen LogP contribution in [-0.4, -0.2) is 10.4 Å². The van der Waals surface area contributed by atoms with Crippen molar-refractivity contribution >= 4 is 29.0 Å². The van der Waals surface area contributed by atoms with Gasteiger partial charge in [0.05, 0.1) is 17.1 Å². The number of pyridine rings is 1. The van der Waals surface area contributed by atoms with Crippen LogP contribution in [0.15, 0.2) is 41.3 Å². The first-order chi connectivity index (χ1) is 10.2. The molecule has 3 nitrogen and oxygen atoms in total. The Hall–Kier alpha value is -1.79. The number of aromatic nitrogens is 1. The van der Waals surface area contributed by atoms with Gasteiger partial charge < -0.3 is 4.57 Å². The van der Waals surface area contributed by atoms with Gasteiger partial charge in [0.15, 0.2) is 5.78 Å². The number of hydrogen-bond donors (Lipinski definition) is 0.